The van der Waals surface area contributed by atoms with Crippen LogP contribution in [0.1, 0.15) is 0 Å². The van der Waals surface area contributed by atoms with Crippen molar-refractivity contribution in [1.29, 1.82) is 0 Å². The van der Waals surface area contributed by atoms with E-state index in [2.05, 4.69) is 10.7 Å². The minimum Gasteiger partial charge on any atom is -0.383 e. The fourth-order valence-corrected chi connectivity index (χ4v) is 2.51. The summed E-state index contributed by atoms with van der Waals surface area (Å²) in [7, 11) is 1.55. The Balaban J connectivity index is 2.00. The molecule has 3 amide bonds. The largest absolute Gasteiger partial charge is 0.383 e. The first-order chi connectivity index (χ1) is 8.67. The van der Waals surface area contributed by atoms with Gasteiger partial charge in [0.25, 0.3) is 5.91 Å². The van der Waals surface area contributed by atoms with Crippen molar-refractivity contribution in [1.82, 2.24) is 20.5 Å². The summed E-state index contributed by atoms with van der Waals surface area (Å²) >= 11 is 0. The highest BCUT2D eigenvalue weighted by molar-refractivity contribution is 5.81. The van der Waals surface area contributed by atoms with Gasteiger partial charge < -0.3 is 15.0 Å². The van der Waals surface area contributed by atoms with Gasteiger partial charge in [0.15, 0.2) is 0 Å². The Labute approximate surface area is 105 Å². The minimum absolute atomic E-state index is 0.0220. The van der Waals surface area contributed by atoms with E-state index >= 15 is 0 Å². The lowest BCUT2D eigenvalue weighted by molar-refractivity contribution is -0.129. The van der Waals surface area contributed by atoms with Gasteiger partial charge in [-0.2, -0.15) is 0 Å². The first kappa shape index (κ1) is 13.1. The van der Waals surface area contributed by atoms with Gasteiger partial charge in [-0.25, -0.2) is 10.6 Å². The number of nitrogens with zero attached hydrogens (tertiary/aromatic N) is 2. The maximum absolute atomic E-state index is 11.7. The molecule has 2 saturated heterocycles. The molecule has 2 fully saturated rings. The number of hydrazine groups is 1. The van der Waals surface area contributed by atoms with E-state index in [1.165, 1.54) is 0 Å². The van der Waals surface area contributed by atoms with E-state index < -0.39 is 6.04 Å². The predicted molar refractivity (Wildman–Crippen MR) is 63.5 cm³/mol. The number of ether oxygens (including phenoxy) is 1. The number of fused-ring (bicyclic) bond motifs is 1. The molecule has 2 unspecified atom stereocenters. The van der Waals surface area contributed by atoms with Crippen molar-refractivity contribution in [3.8, 4) is 0 Å². The van der Waals surface area contributed by atoms with Crippen LogP contribution in [0.15, 0.2) is 0 Å². The number of nitrogens with two attached hydrogens (primary N) is 1. The second kappa shape index (κ2) is 5.51. The molecular weight excluding hydrogens is 238 g/mol. The maximum atomic E-state index is 11.7. The van der Waals surface area contributed by atoms with Gasteiger partial charge in [0, 0.05) is 33.3 Å². The second-order valence-corrected chi connectivity index (χ2v) is 4.51. The van der Waals surface area contributed by atoms with Crippen LogP contribution < -0.4 is 16.6 Å². The summed E-state index contributed by atoms with van der Waals surface area (Å²) in [5.41, 5.74) is 2.16. The van der Waals surface area contributed by atoms with E-state index in [1.54, 1.807) is 12.0 Å². The van der Waals surface area contributed by atoms with E-state index in [9.17, 15) is 9.59 Å². The minimum atomic E-state index is -0.405. The van der Waals surface area contributed by atoms with Crippen molar-refractivity contribution in [3.63, 3.8) is 0 Å². The zero-order valence-electron chi connectivity index (χ0n) is 10.4. The molecule has 0 spiro atoms. The summed E-state index contributed by atoms with van der Waals surface area (Å²) in [5.74, 6) is 4.92. The molecule has 2 aliphatic rings. The van der Waals surface area contributed by atoms with Crippen LogP contribution in [0.5, 0.6) is 0 Å². The van der Waals surface area contributed by atoms with Crippen molar-refractivity contribution < 1.29 is 14.3 Å². The number of carbonyl (C=O) groups excluding carboxylic acids is 2. The molecule has 102 valence electrons. The van der Waals surface area contributed by atoms with Gasteiger partial charge in [-0.05, 0) is 0 Å². The molecule has 0 aliphatic carbocycles. The molecule has 8 heteroatoms. The first-order valence-corrected chi connectivity index (χ1v) is 5.95. The zero-order chi connectivity index (χ0) is 13.1. The van der Waals surface area contributed by atoms with Crippen LogP contribution >= 0.6 is 0 Å². The molecule has 0 bridgehead atoms. The summed E-state index contributed by atoms with van der Waals surface area (Å²) in [5, 5.41) is 2.80. The summed E-state index contributed by atoms with van der Waals surface area (Å²) in [6.45, 7) is 2.83. The van der Waals surface area contributed by atoms with Crippen LogP contribution in [0, 0.1) is 0 Å². The Morgan fingerprint density at radius 3 is 3.11 bits per heavy atom. The van der Waals surface area contributed by atoms with Gasteiger partial charge >= 0.3 is 6.03 Å². The number of carbonyl (C=O) groups is 2. The highest BCUT2D eigenvalue weighted by atomic mass is 16.5. The van der Waals surface area contributed by atoms with Gasteiger partial charge in [0.2, 0.25) is 0 Å². The van der Waals surface area contributed by atoms with Crippen LogP contribution in [-0.4, -0.2) is 73.7 Å². The molecule has 2 atom stereocenters. The molecule has 2 rings (SSSR count). The summed E-state index contributed by atoms with van der Waals surface area (Å²) in [4.78, 5) is 27.0. The normalized spacial score (nSPS) is 25.6. The molecule has 0 radical (unpaired) electrons. The zero-order valence-corrected chi connectivity index (χ0v) is 10.4. The van der Waals surface area contributed by atoms with Crippen molar-refractivity contribution in [2.75, 3.05) is 39.9 Å². The standard InChI is InChI=1S/C10H19N5O3/c1-18-6-8(9(16)13-11)14-2-3-15-7(5-14)4-12-10(15)17/h7-8H,2-6,11H2,1H3,(H,12,17)(H,13,16). The monoisotopic (exact) mass is 257 g/mol. The Morgan fingerprint density at radius 1 is 1.67 bits per heavy atom. The predicted octanol–water partition coefficient (Wildman–Crippen LogP) is -2.30. The average Bonchev–Trinajstić information content (AvgIpc) is 2.76. The van der Waals surface area contributed by atoms with Gasteiger partial charge in [0.05, 0.1) is 12.6 Å². The van der Waals surface area contributed by atoms with Crippen LogP contribution in [0.4, 0.5) is 4.79 Å². The SMILES string of the molecule is COCC(C(=O)NN)N1CCN2C(=O)NCC2C1. The van der Waals surface area contributed by atoms with Crippen LogP contribution in [0.3, 0.4) is 0 Å². The third-order valence-electron chi connectivity index (χ3n) is 3.47. The third kappa shape index (κ3) is 2.40. The molecular formula is C10H19N5O3. The van der Waals surface area contributed by atoms with E-state index in [0.717, 1.165) is 0 Å². The van der Waals surface area contributed by atoms with Crippen LogP contribution in [-0.2, 0) is 9.53 Å². The van der Waals surface area contributed by atoms with Crippen molar-refractivity contribution in [2.24, 2.45) is 5.84 Å². The van der Waals surface area contributed by atoms with Crippen LogP contribution in [0.25, 0.3) is 0 Å². The van der Waals surface area contributed by atoms with Crippen molar-refractivity contribution >= 4 is 11.9 Å². The molecule has 8 nitrogen and oxygen atoms in total. The molecule has 0 aromatic rings. The smallest absolute Gasteiger partial charge is 0.317 e. The first-order valence-electron chi connectivity index (χ1n) is 5.95. The van der Waals surface area contributed by atoms with Crippen molar-refractivity contribution in [2.45, 2.75) is 12.1 Å². The maximum Gasteiger partial charge on any atom is 0.317 e. The Morgan fingerprint density at radius 2 is 2.44 bits per heavy atom. The van der Waals surface area contributed by atoms with Gasteiger partial charge in [0.1, 0.15) is 6.04 Å². The fourth-order valence-electron chi connectivity index (χ4n) is 2.51. The fraction of sp³-hybridized carbons (Fsp3) is 0.800. The lowest BCUT2D eigenvalue weighted by Gasteiger charge is -2.39. The van der Waals surface area contributed by atoms with E-state index in [4.69, 9.17) is 10.6 Å². The van der Waals surface area contributed by atoms with Crippen molar-refractivity contribution in [3.05, 3.63) is 0 Å². The van der Waals surface area contributed by atoms with Crippen LogP contribution in [0.2, 0.25) is 0 Å². The molecule has 2 aliphatic heterocycles. The Hall–Kier alpha value is -1.38. The number of urea groups is 1. The summed E-state index contributed by atoms with van der Waals surface area (Å²) in [6, 6.07) is -0.305. The van der Waals surface area contributed by atoms with E-state index in [1.807, 2.05) is 4.90 Å². The molecule has 2 heterocycles. The second-order valence-electron chi connectivity index (χ2n) is 4.51. The van der Waals surface area contributed by atoms with E-state index in [0.29, 0.717) is 26.2 Å². The topological polar surface area (TPSA) is 99.9 Å². The number of amides is 3. The van der Waals surface area contributed by atoms with Gasteiger partial charge in [-0.15, -0.1) is 0 Å². The number of hydrogen-bond acceptors (Lipinski definition) is 5. The number of rotatable bonds is 4. The van der Waals surface area contributed by atoms with Gasteiger partial charge in [-0.1, -0.05) is 0 Å². The average molecular weight is 257 g/mol. The Kier molecular flexibility index (Phi) is 4.00. The van der Waals surface area contributed by atoms with E-state index in [-0.39, 0.29) is 24.6 Å². The Bertz CT molecular complexity index is 337. The molecule has 4 N–H and O–H groups in total. The quantitative estimate of drug-likeness (QED) is 0.299. The lowest BCUT2D eigenvalue weighted by atomic mass is 10.1. The highest BCUT2D eigenvalue weighted by Gasteiger charge is 2.38. The summed E-state index contributed by atoms with van der Waals surface area (Å²) < 4.78 is 5.06. The number of hydrogen-bond donors (Lipinski definition) is 3. The molecule has 0 aromatic heterocycles. The summed E-state index contributed by atoms with van der Waals surface area (Å²) in [6.07, 6.45) is 0. The molecule has 18 heavy (non-hydrogen) atoms. The lowest BCUT2D eigenvalue weighted by Crippen LogP contribution is -2.60. The third-order valence-corrected chi connectivity index (χ3v) is 3.47. The number of piperazine rings is 1. The molecule has 0 aromatic carbocycles. The molecule has 0 saturated carbocycles. The number of methoxy groups -OCH3 is 1. The number of nitrogens with one attached hydrogen (secondary N) is 2. The highest BCUT2D eigenvalue weighted by Crippen LogP contribution is 2.16. The van der Waals surface area contributed by atoms with Gasteiger partial charge in [-0.3, -0.25) is 15.1 Å².